The summed E-state index contributed by atoms with van der Waals surface area (Å²) >= 11 is 4.66. The third kappa shape index (κ3) is 4.77. The van der Waals surface area contributed by atoms with Crippen molar-refractivity contribution in [2.24, 2.45) is 5.92 Å². The number of amides is 1. The van der Waals surface area contributed by atoms with Crippen LogP contribution < -0.4 is 5.32 Å². The number of nitriles is 1. The normalized spacial score (nSPS) is 15.4. The van der Waals surface area contributed by atoms with Crippen LogP contribution in [0.4, 0.5) is 5.00 Å². The number of anilines is 1. The van der Waals surface area contributed by atoms with Crippen LogP contribution in [0.5, 0.6) is 0 Å². The molecular weight excluding hydrogens is 458 g/mol. The Bertz CT molecular complexity index is 1150. The van der Waals surface area contributed by atoms with E-state index in [9.17, 15) is 10.1 Å². The first kappa shape index (κ1) is 23.0. The number of fused-ring (bicyclic) bond motifs is 1. The molecule has 168 valence electrons. The van der Waals surface area contributed by atoms with Crippen molar-refractivity contribution in [2.75, 3.05) is 11.1 Å². The van der Waals surface area contributed by atoms with Crippen molar-refractivity contribution < 1.29 is 4.79 Å². The zero-order valence-electron chi connectivity index (χ0n) is 18.6. The first-order valence-corrected chi connectivity index (χ1v) is 13.7. The summed E-state index contributed by atoms with van der Waals surface area (Å²) in [4.78, 5) is 15.2. The number of hydrogen-bond acceptors (Lipinski definition) is 7. The van der Waals surface area contributed by atoms with Crippen molar-refractivity contribution in [2.45, 2.75) is 64.6 Å². The van der Waals surface area contributed by atoms with E-state index in [1.807, 2.05) is 0 Å². The van der Waals surface area contributed by atoms with Crippen molar-refractivity contribution in [1.29, 1.82) is 5.26 Å². The monoisotopic (exact) mass is 485 g/mol. The van der Waals surface area contributed by atoms with Crippen LogP contribution in [0, 0.1) is 24.2 Å². The summed E-state index contributed by atoms with van der Waals surface area (Å²) in [7, 11) is 0. The van der Waals surface area contributed by atoms with E-state index >= 15 is 0 Å². The number of thiophene rings is 2. The molecular formula is C23H27N5OS3. The molecule has 1 amide bonds. The lowest BCUT2D eigenvalue weighted by Crippen LogP contribution is -2.15. The molecule has 3 aromatic heterocycles. The highest BCUT2D eigenvalue weighted by Crippen LogP contribution is 2.40. The largest absolute Gasteiger partial charge is 0.316 e. The molecule has 1 aliphatic carbocycles. The molecule has 0 saturated heterocycles. The van der Waals surface area contributed by atoms with Crippen LogP contribution in [0.25, 0.3) is 11.4 Å². The molecule has 3 heterocycles. The third-order valence-corrected chi connectivity index (χ3v) is 8.79. The summed E-state index contributed by atoms with van der Waals surface area (Å²) in [6.45, 7) is 7.22. The van der Waals surface area contributed by atoms with Gasteiger partial charge < -0.3 is 9.88 Å². The highest BCUT2D eigenvalue weighted by molar-refractivity contribution is 7.99. The van der Waals surface area contributed by atoms with Crippen molar-refractivity contribution in [3.63, 3.8) is 0 Å². The first-order valence-electron chi connectivity index (χ1n) is 11.0. The lowest BCUT2D eigenvalue weighted by atomic mass is 9.86. The molecule has 0 aromatic carbocycles. The summed E-state index contributed by atoms with van der Waals surface area (Å²) in [6, 6.07) is 4.45. The Labute approximate surface area is 201 Å². The van der Waals surface area contributed by atoms with E-state index < -0.39 is 0 Å². The number of nitrogens with zero attached hydrogens (tertiary/aromatic N) is 4. The number of carbonyl (C=O) groups excluding carboxylic acids is 1. The number of aryl methyl sites for hydroxylation is 1. The smallest absolute Gasteiger partial charge is 0.235 e. The molecule has 1 N–H and O–H groups in total. The van der Waals surface area contributed by atoms with Crippen molar-refractivity contribution in [3.05, 3.63) is 32.3 Å². The molecule has 0 unspecified atom stereocenters. The predicted molar refractivity (Wildman–Crippen MR) is 133 cm³/mol. The van der Waals surface area contributed by atoms with E-state index in [4.69, 9.17) is 0 Å². The van der Waals surface area contributed by atoms with E-state index in [1.54, 1.807) is 22.7 Å². The number of rotatable bonds is 8. The van der Waals surface area contributed by atoms with Gasteiger partial charge in [0.15, 0.2) is 11.0 Å². The van der Waals surface area contributed by atoms with Gasteiger partial charge in [0, 0.05) is 27.2 Å². The second-order valence-corrected chi connectivity index (χ2v) is 11.2. The molecule has 3 aromatic rings. The maximum absolute atomic E-state index is 12.7. The maximum atomic E-state index is 12.7. The van der Waals surface area contributed by atoms with Gasteiger partial charge in [0.05, 0.1) is 11.3 Å². The maximum Gasteiger partial charge on any atom is 0.235 e. The highest BCUT2D eigenvalue weighted by atomic mass is 32.2. The second-order valence-electron chi connectivity index (χ2n) is 8.08. The van der Waals surface area contributed by atoms with E-state index in [2.05, 4.69) is 58.4 Å². The van der Waals surface area contributed by atoms with Crippen LogP contribution in [-0.2, 0) is 24.2 Å². The summed E-state index contributed by atoms with van der Waals surface area (Å²) in [6.07, 6.45) is 5.18. The van der Waals surface area contributed by atoms with Crippen LogP contribution in [-0.4, -0.2) is 26.4 Å². The van der Waals surface area contributed by atoms with Crippen LogP contribution in [0.15, 0.2) is 16.6 Å². The molecule has 0 bridgehead atoms. The van der Waals surface area contributed by atoms with Gasteiger partial charge >= 0.3 is 0 Å². The molecule has 1 atom stereocenters. The topological polar surface area (TPSA) is 83.6 Å². The van der Waals surface area contributed by atoms with Crippen LogP contribution >= 0.6 is 34.4 Å². The molecule has 0 radical (unpaired) electrons. The first-order chi connectivity index (χ1) is 15.5. The number of hydrogen-bond donors (Lipinski definition) is 1. The summed E-state index contributed by atoms with van der Waals surface area (Å²) in [5.74, 6) is 1.64. The molecule has 4 rings (SSSR count). The Morgan fingerprint density at radius 2 is 2.25 bits per heavy atom. The van der Waals surface area contributed by atoms with Gasteiger partial charge in [-0.1, -0.05) is 32.0 Å². The minimum absolute atomic E-state index is 0.115. The highest BCUT2D eigenvalue weighted by Gasteiger charge is 2.26. The molecule has 0 saturated carbocycles. The van der Waals surface area contributed by atoms with E-state index in [0.29, 0.717) is 16.5 Å². The van der Waals surface area contributed by atoms with Crippen LogP contribution in [0.2, 0.25) is 0 Å². The van der Waals surface area contributed by atoms with Gasteiger partial charge in [-0.05, 0) is 50.2 Å². The number of nitrogens with one attached hydrogen (secondary N) is 1. The Balaban J connectivity index is 1.46. The van der Waals surface area contributed by atoms with Gasteiger partial charge in [-0.15, -0.1) is 32.9 Å². The standard InChI is InChI=1S/C23H27N5OS3/c1-4-8-28-21(16-9-14(3)30-12-16)26-27-23(28)31-13-20(29)25-22-18(11-24)17-7-6-15(5-2)10-19(17)32-22/h9,12,15H,4-8,10,13H2,1-3H3,(H,25,29)/t15-/m0/s1. The SMILES string of the molecule is CCCn1c(SCC(=O)Nc2sc3c(c2C#N)CC[C@H](CC)C3)nnc1-c1csc(C)c1. The number of aromatic nitrogens is 3. The lowest BCUT2D eigenvalue weighted by molar-refractivity contribution is -0.113. The Hall–Kier alpha value is -2.15. The third-order valence-electron chi connectivity index (χ3n) is 5.79. The fraction of sp³-hybridized carbons (Fsp3) is 0.478. The van der Waals surface area contributed by atoms with Gasteiger partial charge in [0.25, 0.3) is 0 Å². The van der Waals surface area contributed by atoms with Gasteiger partial charge in [-0.2, -0.15) is 5.26 Å². The molecule has 6 nitrogen and oxygen atoms in total. The fourth-order valence-electron chi connectivity index (χ4n) is 4.10. The van der Waals surface area contributed by atoms with Crippen molar-refractivity contribution >= 4 is 45.3 Å². The molecule has 0 aliphatic heterocycles. The van der Waals surface area contributed by atoms with Crippen molar-refractivity contribution in [3.8, 4) is 17.5 Å². The molecule has 0 spiro atoms. The van der Waals surface area contributed by atoms with Gasteiger partial charge in [0.1, 0.15) is 11.1 Å². The predicted octanol–water partition coefficient (Wildman–Crippen LogP) is 5.90. The summed E-state index contributed by atoms with van der Waals surface area (Å²) < 4.78 is 2.09. The van der Waals surface area contributed by atoms with Crippen LogP contribution in [0.1, 0.15) is 54.0 Å². The molecule has 9 heteroatoms. The van der Waals surface area contributed by atoms with Gasteiger partial charge in [-0.25, -0.2) is 0 Å². The zero-order valence-corrected chi connectivity index (χ0v) is 21.1. The molecule has 0 fully saturated rings. The minimum atomic E-state index is -0.115. The van der Waals surface area contributed by atoms with Gasteiger partial charge in [0.2, 0.25) is 5.91 Å². The molecule has 32 heavy (non-hydrogen) atoms. The minimum Gasteiger partial charge on any atom is -0.316 e. The second kappa shape index (κ2) is 10.2. The Kier molecular flexibility index (Phi) is 7.33. The quantitative estimate of drug-likeness (QED) is 0.401. The number of carbonyl (C=O) groups is 1. The summed E-state index contributed by atoms with van der Waals surface area (Å²) in [5.41, 5.74) is 2.86. The van der Waals surface area contributed by atoms with Crippen LogP contribution in [0.3, 0.4) is 0 Å². The van der Waals surface area contributed by atoms with E-state index in [-0.39, 0.29) is 11.7 Å². The Morgan fingerprint density at radius 1 is 1.41 bits per heavy atom. The lowest BCUT2D eigenvalue weighted by Gasteiger charge is -2.20. The summed E-state index contributed by atoms with van der Waals surface area (Å²) in [5, 5.41) is 25.0. The average Bonchev–Trinajstić information content (AvgIpc) is 3.48. The van der Waals surface area contributed by atoms with Gasteiger partial charge in [-0.3, -0.25) is 4.79 Å². The van der Waals surface area contributed by atoms with E-state index in [0.717, 1.165) is 60.8 Å². The molecule has 1 aliphatic rings. The fourth-order valence-corrected chi connectivity index (χ4v) is 6.87. The van der Waals surface area contributed by atoms with E-state index in [1.165, 1.54) is 21.5 Å². The Morgan fingerprint density at radius 3 is 2.94 bits per heavy atom. The average molecular weight is 486 g/mol. The van der Waals surface area contributed by atoms with Crippen molar-refractivity contribution in [1.82, 2.24) is 14.8 Å². The zero-order chi connectivity index (χ0) is 22.7. The number of thioether (sulfide) groups is 1.